The molecule has 1 aliphatic carbocycles. The first-order chi connectivity index (χ1) is 17.1. The standard InChI is InChI=1S/C27H49N5O5/c1-9-11-15-32(24(36)22(26(3,4)5)30-25(37)31-27(6,7)8)17-19(33)16-28-20(12-10-2)21(34)23(35)29-18-13-14-18/h18,20,22,28H,9-17H2,1-8H3,(H,29,35)(H2,30,31,37)/t20-,22+/m0/s1. The van der Waals surface area contributed by atoms with Crippen LogP contribution in [0.25, 0.3) is 0 Å². The van der Waals surface area contributed by atoms with Crippen molar-refractivity contribution >= 4 is 29.4 Å². The minimum absolute atomic E-state index is 0.0772. The van der Waals surface area contributed by atoms with Crippen LogP contribution in [0.1, 0.15) is 93.9 Å². The summed E-state index contributed by atoms with van der Waals surface area (Å²) in [4.78, 5) is 65.4. The van der Waals surface area contributed by atoms with E-state index in [-0.39, 0.29) is 30.8 Å². The average molecular weight is 524 g/mol. The van der Waals surface area contributed by atoms with Gasteiger partial charge in [0, 0.05) is 18.1 Å². The average Bonchev–Trinajstić information content (AvgIpc) is 3.58. The zero-order chi connectivity index (χ0) is 28.4. The molecule has 0 aromatic heterocycles. The Morgan fingerprint density at radius 1 is 0.946 bits per heavy atom. The number of urea groups is 1. The van der Waals surface area contributed by atoms with Crippen molar-refractivity contribution in [3.8, 4) is 0 Å². The van der Waals surface area contributed by atoms with Gasteiger partial charge in [-0.15, -0.1) is 0 Å². The van der Waals surface area contributed by atoms with Crippen molar-refractivity contribution in [2.75, 3.05) is 19.6 Å². The summed E-state index contributed by atoms with van der Waals surface area (Å²) in [6.45, 7) is 15.1. The normalized spacial score (nSPS) is 15.4. The number of carbonyl (C=O) groups is 5. The third-order valence-corrected chi connectivity index (χ3v) is 5.91. The number of hydrogen-bond acceptors (Lipinski definition) is 6. The summed E-state index contributed by atoms with van der Waals surface area (Å²) < 4.78 is 0. The summed E-state index contributed by atoms with van der Waals surface area (Å²) in [7, 11) is 0. The molecule has 212 valence electrons. The highest BCUT2D eigenvalue weighted by Gasteiger charge is 2.37. The van der Waals surface area contributed by atoms with Crippen LogP contribution in [0.15, 0.2) is 0 Å². The maximum absolute atomic E-state index is 13.6. The topological polar surface area (TPSA) is 137 Å². The van der Waals surface area contributed by atoms with Crippen molar-refractivity contribution in [3.63, 3.8) is 0 Å². The Balaban J connectivity index is 2.89. The van der Waals surface area contributed by atoms with Crippen LogP contribution in [0.5, 0.6) is 0 Å². The van der Waals surface area contributed by atoms with Gasteiger partial charge < -0.3 is 26.2 Å². The van der Waals surface area contributed by atoms with E-state index < -0.39 is 40.8 Å². The number of Topliss-reactive ketones (excluding diaryl/α,β-unsaturated/α-hetero) is 2. The predicted molar refractivity (Wildman–Crippen MR) is 144 cm³/mol. The van der Waals surface area contributed by atoms with E-state index >= 15 is 0 Å². The number of nitrogens with one attached hydrogen (secondary N) is 4. The van der Waals surface area contributed by atoms with Gasteiger partial charge in [-0.25, -0.2) is 4.79 Å². The Labute approximate surface area is 222 Å². The molecule has 0 radical (unpaired) electrons. The minimum Gasteiger partial charge on any atom is -0.347 e. The fourth-order valence-electron chi connectivity index (χ4n) is 3.72. The molecule has 0 unspecified atom stereocenters. The Morgan fingerprint density at radius 3 is 2.05 bits per heavy atom. The van der Waals surface area contributed by atoms with Crippen molar-refractivity contribution in [3.05, 3.63) is 0 Å². The van der Waals surface area contributed by atoms with Crippen molar-refractivity contribution in [1.29, 1.82) is 0 Å². The highest BCUT2D eigenvalue weighted by molar-refractivity contribution is 6.38. The molecule has 0 bridgehead atoms. The smallest absolute Gasteiger partial charge is 0.315 e. The quantitative estimate of drug-likeness (QED) is 0.243. The first kappa shape index (κ1) is 32.5. The lowest BCUT2D eigenvalue weighted by Gasteiger charge is -2.35. The van der Waals surface area contributed by atoms with E-state index in [1.54, 1.807) is 0 Å². The largest absolute Gasteiger partial charge is 0.347 e. The molecule has 2 atom stereocenters. The van der Waals surface area contributed by atoms with Gasteiger partial charge in [-0.2, -0.15) is 0 Å². The molecule has 0 heterocycles. The van der Waals surface area contributed by atoms with Gasteiger partial charge >= 0.3 is 6.03 Å². The van der Waals surface area contributed by atoms with Crippen LogP contribution in [0.3, 0.4) is 0 Å². The number of unbranched alkanes of at least 4 members (excludes halogenated alkanes) is 1. The Bertz CT molecular complexity index is 811. The molecule has 0 aromatic carbocycles. The minimum atomic E-state index is -0.840. The van der Waals surface area contributed by atoms with Crippen LogP contribution in [0.2, 0.25) is 0 Å². The molecule has 10 heteroatoms. The summed E-state index contributed by atoms with van der Waals surface area (Å²) in [6, 6.07) is -1.96. The SMILES string of the molecule is CCCCN(CC(=O)CN[C@@H](CCC)C(=O)C(=O)NC1CC1)C(=O)[C@@H](NC(=O)NC(C)(C)C)C(C)(C)C. The number of hydrogen-bond donors (Lipinski definition) is 4. The molecular weight excluding hydrogens is 474 g/mol. The van der Waals surface area contributed by atoms with Gasteiger partial charge in [-0.1, -0.05) is 47.5 Å². The molecule has 1 aliphatic rings. The highest BCUT2D eigenvalue weighted by Crippen LogP contribution is 2.22. The molecule has 0 spiro atoms. The Hall–Kier alpha value is -2.49. The van der Waals surface area contributed by atoms with E-state index in [0.717, 1.165) is 19.3 Å². The molecule has 0 saturated heterocycles. The molecule has 1 saturated carbocycles. The molecule has 10 nitrogen and oxygen atoms in total. The number of carbonyl (C=O) groups excluding carboxylic acids is 5. The lowest BCUT2D eigenvalue weighted by atomic mass is 9.85. The first-order valence-corrected chi connectivity index (χ1v) is 13.6. The van der Waals surface area contributed by atoms with Gasteiger partial charge in [-0.3, -0.25) is 19.2 Å². The summed E-state index contributed by atoms with van der Waals surface area (Å²) in [5.74, 6) is -1.79. The van der Waals surface area contributed by atoms with E-state index in [9.17, 15) is 24.0 Å². The van der Waals surface area contributed by atoms with Gasteiger partial charge in [0.05, 0.1) is 19.1 Å². The number of amides is 4. The predicted octanol–water partition coefficient (Wildman–Crippen LogP) is 2.30. The molecule has 4 N–H and O–H groups in total. The lowest BCUT2D eigenvalue weighted by Crippen LogP contribution is -2.59. The van der Waals surface area contributed by atoms with Crippen LogP contribution in [0, 0.1) is 5.41 Å². The van der Waals surface area contributed by atoms with Crippen molar-refractivity contribution < 1.29 is 24.0 Å². The van der Waals surface area contributed by atoms with Crippen LogP contribution >= 0.6 is 0 Å². The number of rotatable bonds is 15. The second-order valence-corrected chi connectivity index (χ2v) is 12.1. The van der Waals surface area contributed by atoms with Crippen LogP contribution in [-0.2, 0) is 19.2 Å². The lowest BCUT2D eigenvalue weighted by molar-refractivity contribution is -0.140. The summed E-state index contributed by atoms with van der Waals surface area (Å²) in [5.41, 5.74) is -1.06. The van der Waals surface area contributed by atoms with Crippen LogP contribution in [-0.4, -0.2) is 77.6 Å². The van der Waals surface area contributed by atoms with Crippen LogP contribution < -0.4 is 21.3 Å². The number of ketones is 2. The fourth-order valence-corrected chi connectivity index (χ4v) is 3.72. The van der Waals surface area contributed by atoms with Gasteiger partial charge in [0.15, 0.2) is 5.78 Å². The summed E-state index contributed by atoms with van der Waals surface area (Å²) in [6.07, 6.45) is 4.40. The zero-order valence-electron chi connectivity index (χ0n) is 24.1. The second-order valence-electron chi connectivity index (χ2n) is 12.1. The molecule has 4 amide bonds. The van der Waals surface area contributed by atoms with Crippen molar-refractivity contribution in [2.45, 2.75) is 118 Å². The van der Waals surface area contributed by atoms with Crippen molar-refractivity contribution in [1.82, 2.24) is 26.2 Å². The number of nitrogens with zero attached hydrogens (tertiary/aromatic N) is 1. The maximum Gasteiger partial charge on any atom is 0.315 e. The van der Waals surface area contributed by atoms with E-state index in [0.29, 0.717) is 25.8 Å². The monoisotopic (exact) mass is 523 g/mol. The van der Waals surface area contributed by atoms with E-state index in [1.807, 2.05) is 55.4 Å². The van der Waals surface area contributed by atoms with Gasteiger partial charge in [0.2, 0.25) is 11.7 Å². The maximum atomic E-state index is 13.6. The third kappa shape index (κ3) is 12.5. The highest BCUT2D eigenvalue weighted by atomic mass is 16.2. The fraction of sp³-hybridized carbons (Fsp3) is 0.815. The van der Waals surface area contributed by atoms with E-state index in [4.69, 9.17) is 0 Å². The Kier molecular flexibility index (Phi) is 12.7. The van der Waals surface area contributed by atoms with Crippen LogP contribution in [0.4, 0.5) is 4.79 Å². The van der Waals surface area contributed by atoms with E-state index in [1.165, 1.54) is 4.90 Å². The summed E-state index contributed by atoms with van der Waals surface area (Å²) in [5, 5.41) is 11.3. The molecule has 0 aromatic rings. The van der Waals surface area contributed by atoms with Gasteiger partial charge in [0.25, 0.3) is 5.91 Å². The molecular formula is C27H49N5O5. The molecule has 1 rings (SSSR count). The third-order valence-electron chi connectivity index (χ3n) is 5.91. The Morgan fingerprint density at radius 2 is 1.57 bits per heavy atom. The van der Waals surface area contributed by atoms with E-state index in [2.05, 4.69) is 21.3 Å². The van der Waals surface area contributed by atoms with Crippen molar-refractivity contribution in [2.24, 2.45) is 5.41 Å². The first-order valence-electron chi connectivity index (χ1n) is 13.6. The molecule has 0 aliphatic heterocycles. The summed E-state index contributed by atoms with van der Waals surface area (Å²) >= 11 is 0. The second kappa shape index (κ2) is 14.4. The van der Waals surface area contributed by atoms with Gasteiger partial charge in [0.1, 0.15) is 6.04 Å². The zero-order valence-corrected chi connectivity index (χ0v) is 24.1. The van der Waals surface area contributed by atoms with Gasteiger partial charge in [-0.05, 0) is 51.9 Å². The molecule has 37 heavy (non-hydrogen) atoms. The molecule has 1 fully saturated rings.